The smallest absolute Gasteiger partial charge is 0.351 e. The van der Waals surface area contributed by atoms with Crippen molar-refractivity contribution in [2.45, 2.75) is 103 Å². The molecule has 1 aromatic rings. The first-order chi connectivity index (χ1) is 13.9. The lowest BCUT2D eigenvalue weighted by Gasteiger charge is -2.40. The van der Waals surface area contributed by atoms with Gasteiger partial charge in [0.15, 0.2) is 16.6 Å². The van der Waals surface area contributed by atoms with Crippen molar-refractivity contribution in [3.8, 4) is 0 Å². The van der Waals surface area contributed by atoms with Crippen LogP contribution in [0.25, 0.3) is 0 Å². The van der Waals surface area contributed by atoms with Gasteiger partial charge in [0.1, 0.15) is 18.1 Å². The quantitative estimate of drug-likeness (QED) is 0.499. The van der Waals surface area contributed by atoms with E-state index in [1.807, 2.05) is 0 Å². The summed E-state index contributed by atoms with van der Waals surface area (Å²) < 4.78 is 21.7. The van der Waals surface area contributed by atoms with Crippen LogP contribution in [0.3, 0.4) is 0 Å². The van der Waals surface area contributed by atoms with Crippen molar-refractivity contribution in [2.24, 2.45) is 0 Å². The lowest BCUT2D eigenvalue weighted by atomic mass is 10.2. The van der Waals surface area contributed by atoms with Crippen molar-refractivity contribution in [1.82, 2.24) is 9.55 Å². The lowest BCUT2D eigenvalue weighted by Crippen LogP contribution is -2.48. The summed E-state index contributed by atoms with van der Waals surface area (Å²) in [6.45, 7) is 22.7. The van der Waals surface area contributed by atoms with E-state index in [1.165, 1.54) is 4.57 Å². The summed E-state index contributed by atoms with van der Waals surface area (Å²) in [7, 11) is -4.00. The molecule has 1 aliphatic rings. The largest absolute Gasteiger partial charge is 0.414 e. The number of ether oxygens (including phenoxy) is 1. The van der Waals surface area contributed by atoms with Gasteiger partial charge in [0, 0.05) is 12.6 Å². The zero-order valence-corrected chi connectivity index (χ0v) is 24.3. The molecule has 0 saturated carbocycles. The van der Waals surface area contributed by atoms with Gasteiger partial charge in [0.2, 0.25) is 0 Å². The van der Waals surface area contributed by atoms with E-state index in [-0.39, 0.29) is 28.1 Å². The summed E-state index contributed by atoms with van der Waals surface area (Å²) >= 11 is 3.36. The maximum Gasteiger partial charge on any atom is 0.351 e. The van der Waals surface area contributed by atoms with Crippen molar-refractivity contribution in [3.63, 3.8) is 0 Å². The Morgan fingerprint density at radius 3 is 2.23 bits per heavy atom. The predicted molar refractivity (Wildman–Crippen MR) is 134 cm³/mol. The van der Waals surface area contributed by atoms with Gasteiger partial charge in [-0.1, -0.05) is 41.5 Å². The molecule has 10 heteroatoms. The third-order valence-electron chi connectivity index (χ3n) is 7.09. The van der Waals surface area contributed by atoms with Crippen LogP contribution >= 0.6 is 15.9 Å². The standard InChI is InChI=1S/C21H40BrN3O4Si2/c1-20(2,3)30(7,8)27-13-16-15(29-31(9,10)21(4,5)6)11-17(28-16)25-12-14(22)18(23)24-19(25)26/h12,15-17H,11,13H2,1-10H3,(H2,23,24,26)/t15-,16+,17+/m0/s1. The van der Waals surface area contributed by atoms with E-state index in [1.54, 1.807) is 6.20 Å². The van der Waals surface area contributed by atoms with Crippen LogP contribution in [0.1, 0.15) is 54.2 Å². The molecule has 178 valence electrons. The Hall–Kier alpha value is -0.526. The number of nitrogens with two attached hydrogens (primary N) is 1. The van der Waals surface area contributed by atoms with Gasteiger partial charge in [-0.3, -0.25) is 4.57 Å². The van der Waals surface area contributed by atoms with Gasteiger partial charge >= 0.3 is 5.69 Å². The fourth-order valence-electron chi connectivity index (χ4n) is 2.87. The van der Waals surface area contributed by atoms with Crippen LogP contribution in [0.4, 0.5) is 5.82 Å². The van der Waals surface area contributed by atoms with E-state index < -0.39 is 28.6 Å². The number of rotatable bonds is 6. The molecule has 0 amide bonds. The average molecular weight is 535 g/mol. The zero-order valence-electron chi connectivity index (χ0n) is 20.7. The molecule has 0 spiro atoms. The number of anilines is 1. The molecule has 2 N–H and O–H groups in total. The number of hydrogen-bond acceptors (Lipinski definition) is 6. The number of hydrogen-bond donors (Lipinski definition) is 1. The first-order valence-electron chi connectivity index (χ1n) is 10.9. The maximum absolute atomic E-state index is 12.5. The maximum atomic E-state index is 12.5. The normalized spacial score (nSPS) is 23.4. The Morgan fingerprint density at radius 1 is 1.16 bits per heavy atom. The minimum Gasteiger partial charge on any atom is -0.414 e. The van der Waals surface area contributed by atoms with Crippen molar-refractivity contribution in [3.05, 3.63) is 21.2 Å². The van der Waals surface area contributed by atoms with Crippen LogP contribution in [0.5, 0.6) is 0 Å². The Morgan fingerprint density at radius 2 is 1.71 bits per heavy atom. The number of nitrogen functional groups attached to an aromatic ring is 1. The van der Waals surface area contributed by atoms with Crippen LogP contribution in [-0.4, -0.2) is 45.0 Å². The SMILES string of the molecule is CC(C)(C)[Si](C)(C)OC[C@H]1O[C@@H](n2cc(Br)c(N)nc2=O)C[C@@H]1O[Si](C)(C)C(C)(C)C. The number of aromatic nitrogens is 2. The highest BCUT2D eigenvalue weighted by Gasteiger charge is 2.46. The van der Waals surface area contributed by atoms with Crippen molar-refractivity contribution >= 4 is 38.4 Å². The predicted octanol–water partition coefficient (Wildman–Crippen LogP) is 5.29. The lowest BCUT2D eigenvalue weighted by molar-refractivity contribution is -0.0412. The molecule has 0 bridgehead atoms. The first-order valence-corrected chi connectivity index (χ1v) is 17.5. The third-order valence-corrected chi connectivity index (χ3v) is 16.7. The molecule has 31 heavy (non-hydrogen) atoms. The summed E-state index contributed by atoms with van der Waals surface area (Å²) in [5.74, 6) is 0.172. The second-order valence-electron chi connectivity index (χ2n) is 11.5. The van der Waals surface area contributed by atoms with Gasteiger partial charge < -0.3 is 19.3 Å². The summed E-state index contributed by atoms with van der Waals surface area (Å²) in [5.41, 5.74) is 5.34. The van der Waals surface area contributed by atoms with Crippen LogP contribution in [-0.2, 0) is 13.6 Å². The van der Waals surface area contributed by atoms with Crippen molar-refractivity contribution in [2.75, 3.05) is 12.3 Å². The third kappa shape index (κ3) is 6.08. The minimum atomic E-state index is -2.04. The first kappa shape index (κ1) is 26.7. The molecule has 3 atom stereocenters. The monoisotopic (exact) mass is 533 g/mol. The highest BCUT2D eigenvalue weighted by molar-refractivity contribution is 9.10. The molecule has 2 rings (SSSR count). The van der Waals surface area contributed by atoms with Crippen LogP contribution in [0.15, 0.2) is 15.5 Å². The fraction of sp³-hybridized carbons (Fsp3) is 0.810. The van der Waals surface area contributed by atoms with E-state index in [4.69, 9.17) is 19.3 Å². The van der Waals surface area contributed by atoms with E-state index in [2.05, 4.69) is 88.6 Å². The van der Waals surface area contributed by atoms with Gasteiger partial charge in [-0.2, -0.15) is 4.98 Å². The van der Waals surface area contributed by atoms with Gasteiger partial charge in [-0.05, 0) is 52.2 Å². The summed E-state index contributed by atoms with van der Waals surface area (Å²) in [6, 6.07) is 0. The molecule has 0 aromatic carbocycles. The Kier molecular flexibility index (Phi) is 7.77. The Balaban J connectivity index is 2.31. The zero-order chi connectivity index (χ0) is 24.0. The van der Waals surface area contributed by atoms with Gasteiger partial charge in [-0.15, -0.1) is 0 Å². The van der Waals surface area contributed by atoms with Gasteiger partial charge in [-0.25, -0.2) is 4.79 Å². The topological polar surface area (TPSA) is 88.6 Å². The molecule has 7 nitrogen and oxygen atoms in total. The highest BCUT2D eigenvalue weighted by Crippen LogP contribution is 2.42. The molecule has 0 aliphatic carbocycles. The molecule has 2 heterocycles. The van der Waals surface area contributed by atoms with Gasteiger partial charge in [0.25, 0.3) is 0 Å². The second-order valence-corrected chi connectivity index (χ2v) is 21.9. The molecule has 1 aromatic heterocycles. The van der Waals surface area contributed by atoms with E-state index in [9.17, 15) is 4.79 Å². The molecule has 0 unspecified atom stereocenters. The molecule has 1 saturated heterocycles. The minimum absolute atomic E-state index is 0.0680. The summed E-state index contributed by atoms with van der Waals surface area (Å²) in [6.07, 6.45) is 1.33. The fourth-order valence-corrected chi connectivity index (χ4v) is 5.55. The average Bonchev–Trinajstić information content (AvgIpc) is 2.96. The van der Waals surface area contributed by atoms with Gasteiger partial charge in [0.05, 0.1) is 17.2 Å². The number of halogens is 1. The van der Waals surface area contributed by atoms with Crippen LogP contribution in [0.2, 0.25) is 36.3 Å². The van der Waals surface area contributed by atoms with E-state index in [0.717, 1.165) is 0 Å². The van der Waals surface area contributed by atoms with Crippen molar-refractivity contribution < 1.29 is 13.6 Å². The molecule has 1 fully saturated rings. The molecular weight excluding hydrogens is 494 g/mol. The van der Waals surface area contributed by atoms with E-state index in [0.29, 0.717) is 17.5 Å². The molecule has 0 radical (unpaired) electrons. The summed E-state index contributed by atoms with van der Waals surface area (Å²) in [4.78, 5) is 16.4. The molecule has 1 aliphatic heterocycles. The highest BCUT2D eigenvalue weighted by atomic mass is 79.9. The van der Waals surface area contributed by atoms with Crippen LogP contribution < -0.4 is 11.4 Å². The Labute approximate surface area is 197 Å². The number of nitrogens with zero attached hydrogens (tertiary/aromatic N) is 2. The molecular formula is C21H40BrN3O4Si2. The second kappa shape index (κ2) is 9.02. The van der Waals surface area contributed by atoms with Crippen LogP contribution in [0, 0.1) is 0 Å². The summed E-state index contributed by atoms with van der Waals surface area (Å²) in [5, 5.41) is 0.169. The van der Waals surface area contributed by atoms with Crippen molar-refractivity contribution in [1.29, 1.82) is 0 Å². The van der Waals surface area contributed by atoms with E-state index >= 15 is 0 Å². The Bertz CT molecular complexity index is 846.